The summed E-state index contributed by atoms with van der Waals surface area (Å²) in [5.74, 6) is -0.988. The molecule has 28 heavy (non-hydrogen) atoms. The second-order valence-electron chi connectivity index (χ2n) is 7.66. The number of amides is 1. The Bertz CT molecular complexity index is 925. The molecule has 0 atom stereocenters. The number of nitrogens with one attached hydrogen (secondary N) is 1. The standard InChI is InChI=1S/C20H24ClFN2O3S/c1-20(2,3)14-23-19(25)13-24(12-15-6-4-5-7-18(15)22)28(26,27)17-10-8-16(21)9-11-17/h4-11H,12-14H2,1-3H3,(H,23,25). The molecular formula is C20H24ClFN2O3S. The number of benzene rings is 2. The first kappa shape index (κ1) is 22.3. The first-order valence-electron chi connectivity index (χ1n) is 8.75. The summed E-state index contributed by atoms with van der Waals surface area (Å²) in [4.78, 5) is 12.4. The van der Waals surface area contributed by atoms with Gasteiger partial charge in [-0.3, -0.25) is 4.79 Å². The van der Waals surface area contributed by atoms with Crippen LogP contribution >= 0.6 is 11.6 Å². The van der Waals surface area contributed by atoms with Crippen molar-refractivity contribution in [1.29, 1.82) is 0 Å². The van der Waals surface area contributed by atoms with Crippen LogP contribution in [-0.4, -0.2) is 31.7 Å². The van der Waals surface area contributed by atoms with Crippen molar-refractivity contribution in [2.75, 3.05) is 13.1 Å². The third kappa shape index (κ3) is 6.29. The van der Waals surface area contributed by atoms with Crippen LogP contribution < -0.4 is 5.32 Å². The van der Waals surface area contributed by atoms with Crippen LogP contribution in [-0.2, 0) is 21.4 Å². The lowest BCUT2D eigenvalue weighted by Gasteiger charge is -2.24. The summed E-state index contributed by atoms with van der Waals surface area (Å²) in [6, 6.07) is 11.5. The van der Waals surface area contributed by atoms with Gasteiger partial charge in [0.1, 0.15) is 5.82 Å². The summed E-state index contributed by atoms with van der Waals surface area (Å²) < 4.78 is 41.2. The fourth-order valence-electron chi connectivity index (χ4n) is 2.38. The Morgan fingerprint density at radius 1 is 1.11 bits per heavy atom. The average Bonchev–Trinajstić information content (AvgIpc) is 2.61. The Kier molecular flexibility index (Phi) is 7.20. The minimum atomic E-state index is -4.03. The van der Waals surface area contributed by atoms with Gasteiger partial charge in [0, 0.05) is 23.7 Å². The minimum absolute atomic E-state index is 0.0168. The first-order valence-corrected chi connectivity index (χ1v) is 10.6. The van der Waals surface area contributed by atoms with Crippen LogP contribution in [0.25, 0.3) is 0 Å². The maximum absolute atomic E-state index is 14.1. The van der Waals surface area contributed by atoms with E-state index in [0.717, 1.165) is 4.31 Å². The molecule has 152 valence electrons. The molecule has 0 aliphatic heterocycles. The molecule has 0 aromatic heterocycles. The molecule has 2 rings (SSSR count). The molecule has 0 aliphatic rings. The summed E-state index contributed by atoms with van der Waals surface area (Å²) in [6.07, 6.45) is 0. The number of rotatable bonds is 7. The third-order valence-electron chi connectivity index (χ3n) is 3.89. The Morgan fingerprint density at radius 2 is 1.71 bits per heavy atom. The number of nitrogens with zero attached hydrogens (tertiary/aromatic N) is 1. The third-order valence-corrected chi connectivity index (χ3v) is 5.95. The van der Waals surface area contributed by atoms with Crippen molar-refractivity contribution >= 4 is 27.5 Å². The SMILES string of the molecule is CC(C)(C)CNC(=O)CN(Cc1ccccc1F)S(=O)(=O)c1ccc(Cl)cc1. The number of sulfonamides is 1. The summed E-state index contributed by atoms with van der Waals surface area (Å²) >= 11 is 5.84. The molecule has 2 aromatic carbocycles. The lowest BCUT2D eigenvalue weighted by atomic mass is 9.97. The van der Waals surface area contributed by atoms with E-state index in [2.05, 4.69) is 5.32 Å². The zero-order valence-corrected chi connectivity index (χ0v) is 17.6. The summed E-state index contributed by atoms with van der Waals surface area (Å²) in [5, 5.41) is 3.12. The Morgan fingerprint density at radius 3 is 2.29 bits per heavy atom. The molecular weight excluding hydrogens is 403 g/mol. The topological polar surface area (TPSA) is 66.5 Å². The maximum atomic E-state index is 14.1. The van der Waals surface area contributed by atoms with Crippen LogP contribution in [0, 0.1) is 11.2 Å². The average molecular weight is 427 g/mol. The van der Waals surface area contributed by atoms with E-state index in [9.17, 15) is 17.6 Å². The van der Waals surface area contributed by atoms with Gasteiger partial charge in [0.15, 0.2) is 0 Å². The molecule has 0 heterocycles. The van der Waals surface area contributed by atoms with E-state index in [0.29, 0.717) is 11.6 Å². The smallest absolute Gasteiger partial charge is 0.243 e. The molecule has 0 saturated heterocycles. The van der Waals surface area contributed by atoms with Gasteiger partial charge in [0.05, 0.1) is 11.4 Å². The number of carbonyl (C=O) groups is 1. The fourth-order valence-corrected chi connectivity index (χ4v) is 3.88. The van der Waals surface area contributed by atoms with Crippen molar-refractivity contribution in [1.82, 2.24) is 9.62 Å². The predicted molar refractivity (Wildman–Crippen MR) is 108 cm³/mol. The van der Waals surface area contributed by atoms with Crippen molar-refractivity contribution < 1.29 is 17.6 Å². The van der Waals surface area contributed by atoms with Gasteiger partial charge in [-0.2, -0.15) is 4.31 Å². The number of hydrogen-bond acceptors (Lipinski definition) is 3. The van der Waals surface area contributed by atoms with Gasteiger partial charge in [-0.1, -0.05) is 50.6 Å². The van der Waals surface area contributed by atoms with Crippen LogP contribution in [0.4, 0.5) is 4.39 Å². The molecule has 1 amide bonds. The zero-order valence-electron chi connectivity index (χ0n) is 16.1. The van der Waals surface area contributed by atoms with Crippen LogP contribution in [0.5, 0.6) is 0 Å². The van der Waals surface area contributed by atoms with E-state index in [-0.39, 0.29) is 22.4 Å². The maximum Gasteiger partial charge on any atom is 0.243 e. The van der Waals surface area contributed by atoms with Gasteiger partial charge in [0.2, 0.25) is 15.9 Å². The number of halogens is 2. The lowest BCUT2D eigenvalue weighted by Crippen LogP contribution is -2.42. The highest BCUT2D eigenvalue weighted by Crippen LogP contribution is 2.21. The van der Waals surface area contributed by atoms with Gasteiger partial charge in [-0.25, -0.2) is 12.8 Å². The molecule has 0 unspecified atom stereocenters. The summed E-state index contributed by atoms with van der Waals surface area (Å²) in [6.45, 7) is 5.56. The fraction of sp³-hybridized carbons (Fsp3) is 0.350. The second-order valence-corrected chi connectivity index (χ2v) is 10.0. The van der Waals surface area contributed by atoms with Crippen molar-refractivity contribution in [2.24, 2.45) is 5.41 Å². The minimum Gasteiger partial charge on any atom is -0.354 e. The van der Waals surface area contributed by atoms with Crippen molar-refractivity contribution in [3.8, 4) is 0 Å². The van der Waals surface area contributed by atoms with Crippen molar-refractivity contribution in [2.45, 2.75) is 32.2 Å². The van der Waals surface area contributed by atoms with Gasteiger partial charge in [0.25, 0.3) is 0 Å². The Balaban J connectivity index is 2.31. The monoisotopic (exact) mass is 426 g/mol. The van der Waals surface area contributed by atoms with Gasteiger partial charge >= 0.3 is 0 Å². The highest BCUT2D eigenvalue weighted by Gasteiger charge is 2.28. The molecule has 0 aliphatic carbocycles. The van der Waals surface area contributed by atoms with Crippen LogP contribution in [0.3, 0.4) is 0 Å². The van der Waals surface area contributed by atoms with E-state index < -0.39 is 28.3 Å². The zero-order chi connectivity index (χ0) is 20.9. The predicted octanol–water partition coefficient (Wildman–Crippen LogP) is 3.83. The Hall–Kier alpha value is -1.96. The van der Waals surface area contributed by atoms with Crippen LogP contribution in [0.15, 0.2) is 53.4 Å². The summed E-state index contributed by atoms with van der Waals surface area (Å²) in [5.41, 5.74) is 0.0322. The molecule has 0 fully saturated rings. The van der Waals surface area contributed by atoms with E-state index in [1.54, 1.807) is 6.07 Å². The quantitative estimate of drug-likeness (QED) is 0.731. The Labute approximate surface area is 170 Å². The van der Waals surface area contributed by atoms with Crippen LogP contribution in [0.2, 0.25) is 5.02 Å². The normalized spacial score (nSPS) is 12.2. The largest absolute Gasteiger partial charge is 0.354 e. The number of hydrogen-bond donors (Lipinski definition) is 1. The molecule has 0 bridgehead atoms. The lowest BCUT2D eigenvalue weighted by molar-refractivity contribution is -0.121. The van der Waals surface area contributed by atoms with E-state index in [4.69, 9.17) is 11.6 Å². The van der Waals surface area contributed by atoms with Crippen molar-refractivity contribution in [3.63, 3.8) is 0 Å². The van der Waals surface area contributed by atoms with Gasteiger partial charge in [-0.05, 0) is 35.7 Å². The molecule has 0 spiro atoms. The van der Waals surface area contributed by atoms with E-state index >= 15 is 0 Å². The highest BCUT2D eigenvalue weighted by molar-refractivity contribution is 7.89. The number of carbonyl (C=O) groups excluding carboxylic acids is 1. The summed E-state index contributed by atoms with van der Waals surface area (Å²) in [7, 11) is -4.03. The van der Waals surface area contributed by atoms with Crippen molar-refractivity contribution in [3.05, 3.63) is 64.9 Å². The van der Waals surface area contributed by atoms with E-state index in [1.165, 1.54) is 42.5 Å². The van der Waals surface area contributed by atoms with E-state index in [1.807, 2.05) is 20.8 Å². The molecule has 1 N–H and O–H groups in total. The molecule has 2 aromatic rings. The first-order chi connectivity index (χ1) is 13.0. The molecule has 0 saturated carbocycles. The van der Waals surface area contributed by atoms with Gasteiger partial charge < -0.3 is 5.32 Å². The molecule has 5 nitrogen and oxygen atoms in total. The van der Waals surface area contributed by atoms with Gasteiger partial charge in [-0.15, -0.1) is 0 Å². The highest BCUT2D eigenvalue weighted by atomic mass is 35.5. The second kappa shape index (κ2) is 9.03. The molecule has 8 heteroatoms. The van der Waals surface area contributed by atoms with Crippen LogP contribution in [0.1, 0.15) is 26.3 Å². The molecule has 0 radical (unpaired) electrons.